The third-order valence-corrected chi connectivity index (χ3v) is 1.11. The fraction of sp³-hybridized carbons (Fsp3) is 0.833. The Morgan fingerprint density at radius 3 is 2.80 bits per heavy atom. The molecule has 0 aromatic carbocycles. The van der Waals surface area contributed by atoms with Crippen LogP contribution in [0.1, 0.15) is 6.92 Å². The smallest absolute Gasteiger partial charge is 0.317 e. The average molecular weight is 147 g/mol. The maximum absolute atomic E-state index is 9.97. The molecule has 2 N–H and O–H groups in total. The molecule has 0 saturated heterocycles. The SMILES string of the molecule is CO[C@H](C)CNCC(=O)O. The number of hydrogen-bond acceptors (Lipinski definition) is 3. The van der Waals surface area contributed by atoms with Crippen LogP contribution in [-0.4, -0.2) is 37.4 Å². The molecule has 0 rings (SSSR count). The van der Waals surface area contributed by atoms with Crippen LogP contribution in [0.5, 0.6) is 0 Å². The number of methoxy groups -OCH3 is 1. The van der Waals surface area contributed by atoms with Gasteiger partial charge in [-0.3, -0.25) is 4.79 Å². The first-order valence-corrected chi connectivity index (χ1v) is 3.12. The molecular weight excluding hydrogens is 134 g/mol. The Hall–Kier alpha value is -0.610. The normalized spacial score (nSPS) is 13.0. The molecule has 0 aliphatic carbocycles. The van der Waals surface area contributed by atoms with Gasteiger partial charge in [-0.15, -0.1) is 0 Å². The van der Waals surface area contributed by atoms with Gasteiger partial charge in [0, 0.05) is 13.7 Å². The van der Waals surface area contributed by atoms with E-state index in [4.69, 9.17) is 9.84 Å². The molecule has 0 bridgehead atoms. The van der Waals surface area contributed by atoms with E-state index in [1.165, 1.54) is 0 Å². The van der Waals surface area contributed by atoms with Gasteiger partial charge in [-0.1, -0.05) is 0 Å². The molecule has 0 radical (unpaired) electrons. The summed E-state index contributed by atoms with van der Waals surface area (Å²) in [5.74, 6) is -0.844. The van der Waals surface area contributed by atoms with Crippen molar-refractivity contribution in [1.29, 1.82) is 0 Å². The number of hydrogen-bond donors (Lipinski definition) is 2. The van der Waals surface area contributed by atoms with E-state index < -0.39 is 5.97 Å². The van der Waals surface area contributed by atoms with Crippen molar-refractivity contribution in [2.24, 2.45) is 0 Å². The summed E-state index contributed by atoms with van der Waals surface area (Å²) >= 11 is 0. The number of nitrogens with one attached hydrogen (secondary N) is 1. The van der Waals surface area contributed by atoms with Gasteiger partial charge in [-0.05, 0) is 6.92 Å². The molecule has 0 fully saturated rings. The molecule has 60 valence electrons. The van der Waals surface area contributed by atoms with Crippen LogP contribution in [0.25, 0.3) is 0 Å². The van der Waals surface area contributed by atoms with Crippen LogP contribution >= 0.6 is 0 Å². The topological polar surface area (TPSA) is 58.6 Å². The summed E-state index contributed by atoms with van der Waals surface area (Å²) in [7, 11) is 1.59. The quantitative estimate of drug-likeness (QED) is 0.560. The summed E-state index contributed by atoms with van der Waals surface area (Å²) in [5, 5.41) is 10.9. The number of aliphatic carboxylic acids is 1. The molecular formula is C6H13NO3. The molecule has 0 saturated carbocycles. The Labute approximate surface area is 60.2 Å². The second-order valence-electron chi connectivity index (χ2n) is 2.07. The summed E-state index contributed by atoms with van der Waals surface area (Å²) in [6.45, 7) is 2.44. The minimum absolute atomic E-state index is 0.00625. The van der Waals surface area contributed by atoms with Gasteiger partial charge in [-0.2, -0.15) is 0 Å². The van der Waals surface area contributed by atoms with E-state index in [-0.39, 0.29) is 12.6 Å². The maximum atomic E-state index is 9.97. The number of rotatable bonds is 5. The van der Waals surface area contributed by atoms with Gasteiger partial charge in [0.05, 0.1) is 12.6 Å². The predicted octanol–water partition coefficient (Wildman–Crippen LogP) is -0.305. The van der Waals surface area contributed by atoms with Crippen molar-refractivity contribution in [3.05, 3.63) is 0 Å². The first-order chi connectivity index (χ1) is 4.66. The molecule has 4 heteroatoms. The van der Waals surface area contributed by atoms with E-state index >= 15 is 0 Å². The highest BCUT2D eigenvalue weighted by Crippen LogP contribution is 1.82. The zero-order valence-electron chi connectivity index (χ0n) is 6.26. The van der Waals surface area contributed by atoms with Gasteiger partial charge >= 0.3 is 5.97 Å². The summed E-state index contributed by atoms with van der Waals surface area (Å²) in [4.78, 5) is 9.97. The van der Waals surface area contributed by atoms with Gasteiger partial charge in [0.15, 0.2) is 0 Å². The molecule has 0 aliphatic heterocycles. The zero-order chi connectivity index (χ0) is 7.98. The van der Waals surface area contributed by atoms with E-state index in [0.717, 1.165) is 0 Å². The Bertz CT molecular complexity index is 105. The van der Waals surface area contributed by atoms with Crippen molar-refractivity contribution in [2.45, 2.75) is 13.0 Å². The first kappa shape index (κ1) is 9.39. The summed E-state index contributed by atoms with van der Waals surface area (Å²) in [5.41, 5.74) is 0. The van der Waals surface area contributed by atoms with Gasteiger partial charge < -0.3 is 15.2 Å². The highest BCUT2D eigenvalue weighted by Gasteiger charge is 1.99. The largest absolute Gasteiger partial charge is 0.480 e. The molecule has 0 aromatic rings. The van der Waals surface area contributed by atoms with Crippen molar-refractivity contribution in [2.75, 3.05) is 20.2 Å². The number of carboxylic acid groups (broad SMARTS) is 1. The van der Waals surface area contributed by atoms with Gasteiger partial charge in [0.2, 0.25) is 0 Å². The zero-order valence-corrected chi connectivity index (χ0v) is 6.26. The van der Waals surface area contributed by atoms with Crippen molar-refractivity contribution >= 4 is 5.97 Å². The monoisotopic (exact) mass is 147 g/mol. The van der Waals surface area contributed by atoms with Gasteiger partial charge in [0.1, 0.15) is 0 Å². The first-order valence-electron chi connectivity index (χ1n) is 3.12. The minimum Gasteiger partial charge on any atom is -0.480 e. The van der Waals surface area contributed by atoms with Crippen LogP contribution < -0.4 is 5.32 Å². The predicted molar refractivity (Wildman–Crippen MR) is 37.0 cm³/mol. The second kappa shape index (κ2) is 5.20. The number of ether oxygens (including phenoxy) is 1. The van der Waals surface area contributed by atoms with Crippen LogP contribution in [0.15, 0.2) is 0 Å². The van der Waals surface area contributed by atoms with Crippen LogP contribution in [-0.2, 0) is 9.53 Å². The molecule has 0 aliphatic rings. The summed E-state index contributed by atoms with van der Waals surface area (Å²) in [6, 6.07) is 0. The van der Waals surface area contributed by atoms with Gasteiger partial charge in [0.25, 0.3) is 0 Å². The molecule has 0 unspecified atom stereocenters. The van der Waals surface area contributed by atoms with Crippen LogP contribution in [0, 0.1) is 0 Å². The second-order valence-corrected chi connectivity index (χ2v) is 2.07. The highest BCUT2D eigenvalue weighted by molar-refractivity contribution is 5.68. The lowest BCUT2D eigenvalue weighted by Gasteiger charge is -2.08. The summed E-state index contributed by atoms with van der Waals surface area (Å²) in [6.07, 6.45) is 0.0688. The average Bonchev–Trinajstić information content (AvgIpc) is 1.87. The fourth-order valence-corrected chi connectivity index (χ4v) is 0.466. The van der Waals surface area contributed by atoms with Gasteiger partial charge in [-0.25, -0.2) is 0 Å². The van der Waals surface area contributed by atoms with E-state index in [9.17, 15) is 4.79 Å². The van der Waals surface area contributed by atoms with Crippen LogP contribution in [0.4, 0.5) is 0 Å². The van der Waals surface area contributed by atoms with Crippen molar-refractivity contribution in [1.82, 2.24) is 5.32 Å². The molecule has 0 heterocycles. The van der Waals surface area contributed by atoms with E-state index in [0.29, 0.717) is 6.54 Å². The number of carboxylic acids is 1. The highest BCUT2D eigenvalue weighted by atomic mass is 16.5. The maximum Gasteiger partial charge on any atom is 0.317 e. The van der Waals surface area contributed by atoms with Crippen LogP contribution in [0.2, 0.25) is 0 Å². The third kappa shape index (κ3) is 5.53. The standard InChI is InChI=1S/C6H13NO3/c1-5(10-2)3-7-4-6(8)9/h5,7H,3-4H2,1-2H3,(H,8,9)/t5-/m1/s1. The number of carbonyl (C=O) groups is 1. The molecule has 1 atom stereocenters. The molecule has 0 amide bonds. The Kier molecular flexibility index (Phi) is 4.88. The molecule has 0 aromatic heterocycles. The molecule has 10 heavy (non-hydrogen) atoms. The minimum atomic E-state index is -0.844. The van der Waals surface area contributed by atoms with Crippen molar-refractivity contribution in [3.8, 4) is 0 Å². The fourth-order valence-electron chi connectivity index (χ4n) is 0.466. The lowest BCUT2D eigenvalue weighted by Crippen LogP contribution is -2.30. The van der Waals surface area contributed by atoms with Crippen molar-refractivity contribution in [3.63, 3.8) is 0 Å². The van der Waals surface area contributed by atoms with E-state index in [2.05, 4.69) is 5.32 Å². The Balaban J connectivity index is 3.11. The van der Waals surface area contributed by atoms with Crippen LogP contribution in [0.3, 0.4) is 0 Å². The van der Waals surface area contributed by atoms with Crippen molar-refractivity contribution < 1.29 is 14.6 Å². The molecule has 4 nitrogen and oxygen atoms in total. The lowest BCUT2D eigenvalue weighted by molar-refractivity contribution is -0.136. The van der Waals surface area contributed by atoms with E-state index in [1.807, 2.05) is 6.92 Å². The van der Waals surface area contributed by atoms with E-state index in [1.54, 1.807) is 7.11 Å². The molecule has 0 spiro atoms. The lowest BCUT2D eigenvalue weighted by atomic mass is 10.4. The Morgan fingerprint density at radius 1 is 1.80 bits per heavy atom. The third-order valence-electron chi connectivity index (χ3n) is 1.11. The Morgan fingerprint density at radius 2 is 2.40 bits per heavy atom. The summed E-state index contributed by atoms with van der Waals surface area (Å²) < 4.78 is 4.88.